The highest BCUT2D eigenvalue weighted by Crippen LogP contribution is 2.26. The fourth-order valence-electron chi connectivity index (χ4n) is 2.49. The molecule has 0 aliphatic carbocycles. The summed E-state index contributed by atoms with van der Waals surface area (Å²) in [5.41, 5.74) is 7.14. The fraction of sp³-hybridized carbons (Fsp3) is 0.538. The highest BCUT2D eigenvalue weighted by Gasteiger charge is 2.23. The maximum absolute atomic E-state index is 10.7. The van der Waals surface area contributed by atoms with Gasteiger partial charge < -0.3 is 5.73 Å². The summed E-state index contributed by atoms with van der Waals surface area (Å²) in [6.07, 6.45) is 2.01. The summed E-state index contributed by atoms with van der Waals surface area (Å²) in [6, 6.07) is 5.69. The van der Waals surface area contributed by atoms with Crippen molar-refractivity contribution in [1.82, 2.24) is 4.90 Å². The SMILES string of the molecule is CC1CC(N)CCN1Cc1ccc([N+](=O)[O-])cc1Br. The first kappa shape index (κ1) is 14.4. The van der Waals surface area contributed by atoms with Crippen molar-refractivity contribution in [3.05, 3.63) is 38.3 Å². The lowest BCUT2D eigenvalue weighted by molar-refractivity contribution is -0.384. The van der Waals surface area contributed by atoms with Gasteiger partial charge in [0.15, 0.2) is 0 Å². The van der Waals surface area contributed by atoms with Gasteiger partial charge in [0.1, 0.15) is 0 Å². The van der Waals surface area contributed by atoms with Gasteiger partial charge in [0, 0.05) is 41.8 Å². The standard InChI is InChI=1S/C13H18BrN3O2/c1-9-6-11(15)4-5-16(9)8-10-2-3-12(17(18)19)7-13(10)14/h2-3,7,9,11H,4-6,8,15H2,1H3. The topological polar surface area (TPSA) is 72.4 Å². The Morgan fingerprint density at radius 2 is 2.32 bits per heavy atom. The Bertz CT molecular complexity index is 481. The van der Waals surface area contributed by atoms with E-state index in [0.29, 0.717) is 12.1 Å². The second-order valence-electron chi connectivity index (χ2n) is 5.14. The number of hydrogen-bond acceptors (Lipinski definition) is 4. The van der Waals surface area contributed by atoms with Gasteiger partial charge in [0.2, 0.25) is 0 Å². The van der Waals surface area contributed by atoms with E-state index in [0.717, 1.165) is 36.0 Å². The molecule has 2 rings (SSSR count). The summed E-state index contributed by atoms with van der Waals surface area (Å²) < 4.78 is 0.795. The molecule has 1 aliphatic rings. The molecule has 1 aromatic carbocycles. The third kappa shape index (κ3) is 3.52. The van der Waals surface area contributed by atoms with Crippen LogP contribution in [0.4, 0.5) is 5.69 Å². The van der Waals surface area contributed by atoms with Crippen molar-refractivity contribution in [2.75, 3.05) is 6.54 Å². The minimum absolute atomic E-state index is 0.115. The monoisotopic (exact) mass is 327 g/mol. The van der Waals surface area contributed by atoms with Crippen molar-refractivity contribution in [3.63, 3.8) is 0 Å². The number of likely N-dealkylation sites (tertiary alicyclic amines) is 1. The van der Waals surface area contributed by atoms with Crippen LogP contribution in [0.25, 0.3) is 0 Å². The lowest BCUT2D eigenvalue weighted by Gasteiger charge is -2.36. The number of piperidine rings is 1. The summed E-state index contributed by atoms with van der Waals surface area (Å²) in [7, 11) is 0. The Hall–Kier alpha value is -0.980. The summed E-state index contributed by atoms with van der Waals surface area (Å²) >= 11 is 3.42. The molecule has 2 N–H and O–H groups in total. The second-order valence-corrected chi connectivity index (χ2v) is 5.99. The van der Waals surface area contributed by atoms with Crippen LogP contribution in [0.1, 0.15) is 25.3 Å². The number of benzene rings is 1. The van der Waals surface area contributed by atoms with E-state index in [4.69, 9.17) is 5.73 Å². The second kappa shape index (κ2) is 5.98. The van der Waals surface area contributed by atoms with Crippen molar-refractivity contribution >= 4 is 21.6 Å². The van der Waals surface area contributed by atoms with Gasteiger partial charge in [-0.1, -0.05) is 15.9 Å². The first-order valence-electron chi connectivity index (χ1n) is 6.40. The predicted octanol–water partition coefficient (Wildman–Crippen LogP) is 2.67. The van der Waals surface area contributed by atoms with Gasteiger partial charge in [0.25, 0.3) is 5.69 Å². The highest BCUT2D eigenvalue weighted by atomic mass is 79.9. The number of nitro benzene ring substituents is 1. The van der Waals surface area contributed by atoms with E-state index in [1.54, 1.807) is 12.1 Å². The van der Waals surface area contributed by atoms with E-state index in [1.807, 2.05) is 6.07 Å². The maximum Gasteiger partial charge on any atom is 0.270 e. The predicted molar refractivity (Wildman–Crippen MR) is 77.9 cm³/mol. The third-order valence-electron chi connectivity index (χ3n) is 3.68. The molecule has 1 heterocycles. The van der Waals surface area contributed by atoms with Crippen molar-refractivity contribution in [1.29, 1.82) is 0 Å². The van der Waals surface area contributed by atoms with Crippen LogP contribution in [-0.4, -0.2) is 28.5 Å². The molecule has 1 aliphatic heterocycles. The number of hydrogen-bond donors (Lipinski definition) is 1. The lowest BCUT2D eigenvalue weighted by atomic mass is 9.98. The van der Waals surface area contributed by atoms with Crippen LogP contribution in [0.2, 0.25) is 0 Å². The number of non-ortho nitro benzene ring substituents is 1. The van der Waals surface area contributed by atoms with Crippen LogP contribution < -0.4 is 5.73 Å². The summed E-state index contributed by atoms with van der Waals surface area (Å²) in [5.74, 6) is 0. The van der Waals surface area contributed by atoms with Crippen LogP contribution in [0.3, 0.4) is 0 Å². The van der Waals surface area contributed by atoms with E-state index in [2.05, 4.69) is 27.8 Å². The quantitative estimate of drug-likeness (QED) is 0.684. The normalized spacial score (nSPS) is 24.4. The molecule has 19 heavy (non-hydrogen) atoms. The van der Waals surface area contributed by atoms with Gasteiger partial charge >= 0.3 is 0 Å². The third-order valence-corrected chi connectivity index (χ3v) is 4.41. The molecule has 0 spiro atoms. The van der Waals surface area contributed by atoms with Crippen LogP contribution in [0.15, 0.2) is 22.7 Å². The average molecular weight is 328 g/mol. The molecule has 6 heteroatoms. The average Bonchev–Trinajstić information content (AvgIpc) is 2.34. The smallest absolute Gasteiger partial charge is 0.270 e. The minimum atomic E-state index is -0.378. The molecule has 5 nitrogen and oxygen atoms in total. The van der Waals surface area contributed by atoms with Crippen molar-refractivity contribution in [2.45, 2.75) is 38.4 Å². The molecule has 0 radical (unpaired) electrons. The molecule has 1 aromatic rings. The Balaban J connectivity index is 2.09. The molecule has 104 valence electrons. The molecule has 1 fully saturated rings. The van der Waals surface area contributed by atoms with Gasteiger partial charge in [-0.15, -0.1) is 0 Å². The molecule has 2 unspecified atom stereocenters. The Morgan fingerprint density at radius 3 is 2.89 bits per heavy atom. The number of rotatable bonds is 3. The molecule has 2 atom stereocenters. The molecule has 0 saturated carbocycles. The highest BCUT2D eigenvalue weighted by molar-refractivity contribution is 9.10. The van der Waals surface area contributed by atoms with Crippen LogP contribution in [-0.2, 0) is 6.54 Å². The van der Waals surface area contributed by atoms with E-state index >= 15 is 0 Å². The minimum Gasteiger partial charge on any atom is -0.328 e. The number of nitrogens with two attached hydrogens (primary N) is 1. The lowest BCUT2D eigenvalue weighted by Crippen LogP contribution is -2.45. The zero-order valence-electron chi connectivity index (χ0n) is 10.9. The molecule has 0 bridgehead atoms. The van der Waals surface area contributed by atoms with Crippen LogP contribution in [0.5, 0.6) is 0 Å². The Kier molecular flexibility index (Phi) is 4.54. The van der Waals surface area contributed by atoms with Crippen molar-refractivity contribution in [3.8, 4) is 0 Å². The molecular weight excluding hydrogens is 310 g/mol. The first-order chi connectivity index (χ1) is 8.97. The molecule has 0 aromatic heterocycles. The zero-order chi connectivity index (χ0) is 14.0. The van der Waals surface area contributed by atoms with Gasteiger partial charge in [-0.25, -0.2) is 0 Å². The first-order valence-corrected chi connectivity index (χ1v) is 7.19. The zero-order valence-corrected chi connectivity index (χ0v) is 12.5. The largest absolute Gasteiger partial charge is 0.328 e. The number of nitro groups is 1. The molecular formula is C13H18BrN3O2. The van der Waals surface area contributed by atoms with E-state index in [1.165, 1.54) is 0 Å². The summed E-state index contributed by atoms with van der Waals surface area (Å²) in [6.45, 7) is 3.95. The van der Waals surface area contributed by atoms with E-state index in [9.17, 15) is 10.1 Å². The Morgan fingerprint density at radius 1 is 1.58 bits per heavy atom. The van der Waals surface area contributed by atoms with Crippen LogP contribution in [0, 0.1) is 10.1 Å². The number of nitrogens with zero attached hydrogens (tertiary/aromatic N) is 2. The van der Waals surface area contributed by atoms with Gasteiger partial charge in [-0.05, 0) is 31.4 Å². The fourth-order valence-corrected chi connectivity index (χ4v) is 2.98. The molecule has 0 amide bonds. The summed E-state index contributed by atoms with van der Waals surface area (Å²) in [4.78, 5) is 12.7. The van der Waals surface area contributed by atoms with Crippen molar-refractivity contribution in [2.24, 2.45) is 5.73 Å². The summed E-state index contributed by atoms with van der Waals surface area (Å²) in [5, 5.41) is 10.7. The molecule has 1 saturated heterocycles. The Labute approximate surface area is 121 Å². The maximum atomic E-state index is 10.7. The van der Waals surface area contributed by atoms with Gasteiger partial charge in [0.05, 0.1) is 4.92 Å². The number of halogens is 1. The van der Waals surface area contributed by atoms with E-state index < -0.39 is 0 Å². The van der Waals surface area contributed by atoms with Gasteiger partial charge in [-0.2, -0.15) is 0 Å². The van der Waals surface area contributed by atoms with E-state index in [-0.39, 0.29) is 10.6 Å². The van der Waals surface area contributed by atoms with Crippen molar-refractivity contribution < 1.29 is 4.92 Å². The van der Waals surface area contributed by atoms with Crippen LogP contribution >= 0.6 is 15.9 Å². The van der Waals surface area contributed by atoms with Gasteiger partial charge in [-0.3, -0.25) is 15.0 Å².